The predicted octanol–water partition coefficient (Wildman–Crippen LogP) is 5.48. The molecule has 0 bridgehead atoms. The minimum atomic E-state index is 0.0977. The Balaban J connectivity index is 1.31. The number of piperidine rings is 1. The number of hydrogen-bond donors (Lipinski definition) is 2. The summed E-state index contributed by atoms with van der Waals surface area (Å²) >= 11 is 0. The molecule has 1 spiro atoms. The van der Waals surface area contributed by atoms with Crippen LogP contribution in [0.1, 0.15) is 36.4 Å². The van der Waals surface area contributed by atoms with Gasteiger partial charge in [-0.2, -0.15) is 5.10 Å². The number of nitrogen functional groups attached to an aromatic ring is 1. The Morgan fingerprint density at radius 3 is 2.41 bits per heavy atom. The van der Waals surface area contributed by atoms with Crippen LogP contribution in [0.3, 0.4) is 0 Å². The summed E-state index contributed by atoms with van der Waals surface area (Å²) in [5, 5.41) is 9.50. The van der Waals surface area contributed by atoms with Gasteiger partial charge < -0.3 is 15.8 Å². The van der Waals surface area contributed by atoms with Crippen LogP contribution in [0.25, 0.3) is 22.3 Å². The molecule has 1 aliphatic carbocycles. The molecule has 1 saturated heterocycles. The number of rotatable bonds is 4. The molecule has 1 unspecified atom stereocenters. The molecule has 7 rings (SSSR count). The summed E-state index contributed by atoms with van der Waals surface area (Å²) in [4.78, 5) is 9.00. The van der Waals surface area contributed by atoms with E-state index < -0.39 is 0 Å². The highest BCUT2D eigenvalue weighted by atomic mass is 16.5. The summed E-state index contributed by atoms with van der Waals surface area (Å²) in [6.07, 6.45) is 4.81. The summed E-state index contributed by atoms with van der Waals surface area (Å²) in [7, 11) is 0. The van der Waals surface area contributed by atoms with Crippen molar-refractivity contribution in [3.8, 4) is 22.8 Å². The molecule has 0 amide bonds. The van der Waals surface area contributed by atoms with Crippen LogP contribution in [0.2, 0.25) is 0 Å². The average molecular weight is 489 g/mol. The molecular weight excluding hydrogens is 460 g/mol. The molecule has 3 aromatic carbocycles. The quantitative estimate of drug-likeness (QED) is 0.348. The highest BCUT2D eigenvalue weighted by Crippen LogP contribution is 2.52. The summed E-state index contributed by atoms with van der Waals surface area (Å²) in [6, 6.07) is 26.7. The fraction of sp³-hybridized carbons (Fsp3) is 0.233. The summed E-state index contributed by atoms with van der Waals surface area (Å²) in [5.41, 5.74) is 11.9. The first kappa shape index (κ1) is 22.0. The second-order valence-electron chi connectivity index (χ2n) is 10.0. The molecule has 1 aliphatic heterocycles. The molecule has 184 valence electrons. The normalized spacial score (nSPS) is 18.2. The van der Waals surface area contributed by atoms with Gasteiger partial charge in [0, 0.05) is 11.0 Å². The van der Waals surface area contributed by atoms with Crippen LogP contribution in [0, 0.1) is 0 Å². The maximum absolute atomic E-state index is 6.43. The van der Waals surface area contributed by atoms with Crippen molar-refractivity contribution in [2.24, 2.45) is 0 Å². The third-order valence-electron chi connectivity index (χ3n) is 7.96. The van der Waals surface area contributed by atoms with Gasteiger partial charge in [0.25, 0.3) is 0 Å². The first-order chi connectivity index (χ1) is 18.2. The smallest absolute Gasteiger partial charge is 0.164 e. The number of benzene rings is 3. The van der Waals surface area contributed by atoms with Crippen LogP contribution in [0.4, 0.5) is 5.82 Å². The number of fused-ring (bicyclic) bond motifs is 3. The molecule has 3 heterocycles. The van der Waals surface area contributed by atoms with Gasteiger partial charge in [-0.05, 0) is 79.9 Å². The van der Waals surface area contributed by atoms with Crippen molar-refractivity contribution in [1.82, 2.24) is 25.1 Å². The molecule has 0 radical (unpaired) electrons. The molecule has 1 atom stereocenters. The number of anilines is 1. The molecule has 7 heteroatoms. The first-order valence-corrected chi connectivity index (χ1v) is 12.8. The molecule has 5 aromatic rings. The SMILES string of the molecule is Nc1ncnc2c1c(-c1ccc(Oc3ccccc3)cc1)nn2C1CC2(CCNCC2)c2ccccc21. The second-order valence-corrected chi connectivity index (χ2v) is 10.0. The summed E-state index contributed by atoms with van der Waals surface area (Å²) in [6.45, 7) is 2.08. The fourth-order valence-corrected chi connectivity index (χ4v) is 6.18. The van der Waals surface area contributed by atoms with Crippen LogP contribution in [0.15, 0.2) is 85.2 Å². The zero-order chi connectivity index (χ0) is 24.8. The van der Waals surface area contributed by atoms with E-state index in [0.29, 0.717) is 5.82 Å². The maximum atomic E-state index is 6.43. The van der Waals surface area contributed by atoms with Gasteiger partial charge >= 0.3 is 0 Å². The number of nitrogens with zero attached hydrogens (tertiary/aromatic N) is 4. The van der Waals surface area contributed by atoms with Gasteiger partial charge in [0.05, 0.1) is 11.4 Å². The van der Waals surface area contributed by atoms with Gasteiger partial charge in [-0.3, -0.25) is 0 Å². The average Bonchev–Trinajstić information content (AvgIpc) is 3.48. The van der Waals surface area contributed by atoms with Gasteiger partial charge in [0.2, 0.25) is 0 Å². The molecule has 7 nitrogen and oxygen atoms in total. The first-order valence-electron chi connectivity index (χ1n) is 12.8. The van der Waals surface area contributed by atoms with E-state index in [1.165, 1.54) is 17.5 Å². The molecular formula is C30H28N6O. The molecule has 2 aliphatic rings. The number of ether oxygens (including phenoxy) is 1. The van der Waals surface area contributed by atoms with Crippen molar-refractivity contribution >= 4 is 16.9 Å². The van der Waals surface area contributed by atoms with E-state index in [1.54, 1.807) is 0 Å². The van der Waals surface area contributed by atoms with E-state index in [0.717, 1.165) is 66.1 Å². The van der Waals surface area contributed by atoms with Crippen LogP contribution in [-0.4, -0.2) is 32.8 Å². The lowest BCUT2D eigenvalue weighted by Crippen LogP contribution is -2.38. The largest absolute Gasteiger partial charge is 0.457 e. The van der Waals surface area contributed by atoms with Crippen LogP contribution in [-0.2, 0) is 5.41 Å². The lowest BCUT2D eigenvalue weighted by molar-refractivity contribution is 0.282. The number of para-hydroxylation sites is 1. The van der Waals surface area contributed by atoms with Crippen LogP contribution < -0.4 is 15.8 Å². The molecule has 1 fully saturated rings. The van der Waals surface area contributed by atoms with Gasteiger partial charge in [-0.15, -0.1) is 0 Å². The molecule has 37 heavy (non-hydrogen) atoms. The van der Waals surface area contributed by atoms with Crippen molar-refractivity contribution in [3.05, 3.63) is 96.3 Å². The number of hydrogen-bond acceptors (Lipinski definition) is 6. The Labute approximate surface area is 215 Å². The van der Waals surface area contributed by atoms with Gasteiger partial charge in [-0.25, -0.2) is 14.6 Å². The summed E-state index contributed by atoms with van der Waals surface area (Å²) in [5.74, 6) is 2.01. The van der Waals surface area contributed by atoms with E-state index in [1.807, 2.05) is 54.6 Å². The summed E-state index contributed by atoms with van der Waals surface area (Å²) < 4.78 is 8.08. The van der Waals surface area contributed by atoms with Crippen molar-refractivity contribution < 1.29 is 4.74 Å². The van der Waals surface area contributed by atoms with Gasteiger partial charge in [0.1, 0.15) is 29.3 Å². The Morgan fingerprint density at radius 2 is 1.59 bits per heavy atom. The van der Waals surface area contributed by atoms with Crippen molar-refractivity contribution in [2.45, 2.75) is 30.7 Å². The zero-order valence-electron chi connectivity index (χ0n) is 20.5. The molecule has 3 N–H and O–H groups in total. The Kier molecular flexibility index (Phi) is 5.18. The van der Waals surface area contributed by atoms with Crippen LogP contribution in [0.5, 0.6) is 11.5 Å². The van der Waals surface area contributed by atoms with Gasteiger partial charge in [-0.1, -0.05) is 42.5 Å². The minimum absolute atomic E-state index is 0.0977. The highest BCUT2D eigenvalue weighted by molar-refractivity contribution is 5.98. The lowest BCUT2D eigenvalue weighted by Gasteiger charge is -2.35. The Morgan fingerprint density at radius 1 is 0.865 bits per heavy atom. The molecule has 0 saturated carbocycles. The highest BCUT2D eigenvalue weighted by Gasteiger charge is 2.45. The third-order valence-corrected chi connectivity index (χ3v) is 7.96. The zero-order valence-corrected chi connectivity index (χ0v) is 20.5. The number of nitrogens with two attached hydrogens (primary N) is 1. The fourth-order valence-electron chi connectivity index (χ4n) is 6.18. The Bertz CT molecular complexity index is 1570. The maximum Gasteiger partial charge on any atom is 0.164 e. The van der Waals surface area contributed by atoms with Crippen molar-refractivity contribution in [2.75, 3.05) is 18.8 Å². The molecule has 2 aromatic heterocycles. The van der Waals surface area contributed by atoms with Crippen molar-refractivity contribution in [3.63, 3.8) is 0 Å². The number of aromatic nitrogens is 4. The number of nitrogens with one attached hydrogen (secondary N) is 1. The van der Waals surface area contributed by atoms with E-state index in [-0.39, 0.29) is 11.5 Å². The predicted molar refractivity (Wildman–Crippen MR) is 145 cm³/mol. The minimum Gasteiger partial charge on any atom is -0.457 e. The van der Waals surface area contributed by atoms with E-state index in [2.05, 4.69) is 44.2 Å². The van der Waals surface area contributed by atoms with E-state index in [4.69, 9.17) is 15.6 Å². The van der Waals surface area contributed by atoms with Crippen LogP contribution >= 0.6 is 0 Å². The standard InChI is InChI=1S/C30H28N6O/c31-28-26-27(20-10-12-22(13-11-20)37-21-6-2-1-3-7-21)35-36(29(26)34-19-33-28)25-18-30(14-16-32-17-15-30)24-9-5-4-8-23(24)25/h1-13,19,25,32H,14-18H2,(H2,31,33,34). The van der Waals surface area contributed by atoms with Gasteiger partial charge in [0.15, 0.2) is 5.65 Å². The third kappa shape index (κ3) is 3.65. The topological polar surface area (TPSA) is 90.9 Å². The second kappa shape index (κ2) is 8.71. The Hall–Kier alpha value is -4.23. The monoisotopic (exact) mass is 488 g/mol. The van der Waals surface area contributed by atoms with Crippen molar-refractivity contribution in [1.29, 1.82) is 0 Å². The lowest BCUT2D eigenvalue weighted by atomic mass is 9.74. The van der Waals surface area contributed by atoms with E-state index in [9.17, 15) is 0 Å². The van der Waals surface area contributed by atoms with E-state index >= 15 is 0 Å².